The molecule has 0 aliphatic carbocycles. The van der Waals surface area contributed by atoms with Crippen molar-refractivity contribution >= 4 is 5.95 Å². The molecule has 1 N–H and O–H groups in total. The largest absolute Gasteiger partial charge is 0.486 e. The van der Waals surface area contributed by atoms with Gasteiger partial charge in [-0.3, -0.25) is 5.32 Å². The van der Waals surface area contributed by atoms with Crippen molar-refractivity contribution < 1.29 is 9.47 Å². The smallest absolute Gasteiger partial charge is 0.236 e. The van der Waals surface area contributed by atoms with Crippen molar-refractivity contribution in [2.24, 2.45) is 0 Å². The summed E-state index contributed by atoms with van der Waals surface area (Å²) in [5.74, 6) is 1.78. The van der Waals surface area contributed by atoms with Gasteiger partial charge in [-0.25, -0.2) is 9.97 Å². The fourth-order valence-corrected chi connectivity index (χ4v) is 2.08. The van der Waals surface area contributed by atoms with Crippen LogP contribution in [0.1, 0.15) is 5.56 Å². The van der Waals surface area contributed by atoms with Crippen LogP contribution >= 0.6 is 0 Å². The molecule has 0 atom stereocenters. The molecule has 1 aliphatic heterocycles. The molecule has 0 unspecified atom stereocenters. The average Bonchev–Trinajstić information content (AvgIpc) is 2.48. The number of aromatic nitrogens is 2. The molecule has 0 fully saturated rings. The van der Waals surface area contributed by atoms with Crippen LogP contribution in [0.2, 0.25) is 0 Å². The number of anilines is 1. The van der Waals surface area contributed by atoms with Crippen molar-refractivity contribution in [3.63, 3.8) is 0 Å². The second kappa shape index (κ2) is 5.05. The van der Waals surface area contributed by atoms with Crippen LogP contribution in [0.5, 0.6) is 11.5 Å². The number of nitriles is 1. The second-order valence-corrected chi connectivity index (χ2v) is 4.34. The molecule has 0 radical (unpaired) electrons. The Morgan fingerprint density at radius 2 is 1.80 bits per heavy atom. The van der Waals surface area contributed by atoms with Crippen molar-refractivity contribution in [1.29, 1.82) is 5.26 Å². The molecule has 1 aromatic heterocycles. The third-order valence-corrected chi connectivity index (χ3v) is 3.02. The molecule has 0 spiro atoms. The van der Waals surface area contributed by atoms with Gasteiger partial charge in [-0.1, -0.05) is 0 Å². The normalized spacial score (nSPS) is 12.6. The molecule has 0 saturated carbocycles. The standard InChI is InChI=1S/C14H12N4O2/c1-9-4-12-13(20-3-2-19-12)5-11(9)10-6-16-14(17-7-10)18-8-15/h4-7H,2-3H2,1H3,(H,16,17,18). The summed E-state index contributed by atoms with van der Waals surface area (Å²) in [5, 5.41) is 10.9. The van der Waals surface area contributed by atoms with Crippen LogP contribution in [-0.2, 0) is 0 Å². The van der Waals surface area contributed by atoms with Crippen LogP contribution in [0.25, 0.3) is 11.1 Å². The molecule has 1 aromatic carbocycles. The highest BCUT2D eigenvalue weighted by molar-refractivity contribution is 5.70. The SMILES string of the molecule is Cc1cc2c(cc1-c1cnc(NC#N)nc1)OCCO2. The molecule has 6 nitrogen and oxygen atoms in total. The van der Waals surface area contributed by atoms with E-state index in [1.54, 1.807) is 18.6 Å². The first-order valence-electron chi connectivity index (χ1n) is 6.15. The van der Waals surface area contributed by atoms with Gasteiger partial charge >= 0.3 is 0 Å². The molecule has 20 heavy (non-hydrogen) atoms. The predicted octanol–water partition coefficient (Wildman–Crippen LogP) is 2.12. The highest BCUT2D eigenvalue weighted by Crippen LogP contribution is 2.36. The van der Waals surface area contributed by atoms with Gasteiger partial charge in [-0.05, 0) is 30.2 Å². The van der Waals surface area contributed by atoms with Crippen LogP contribution in [0.4, 0.5) is 5.95 Å². The van der Waals surface area contributed by atoms with E-state index >= 15 is 0 Å². The Labute approximate surface area is 116 Å². The van der Waals surface area contributed by atoms with Crippen LogP contribution in [-0.4, -0.2) is 23.2 Å². The summed E-state index contributed by atoms with van der Waals surface area (Å²) in [6, 6.07) is 3.88. The van der Waals surface area contributed by atoms with Crippen LogP contribution in [0.15, 0.2) is 24.5 Å². The Balaban J connectivity index is 1.99. The molecule has 6 heteroatoms. The Morgan fingerprint density at radius 3 is 2.45 bits per heavy atom. The lowest BCUT2D eigenvalue weighted by atomic mass is 10.0. The molecule has 0 saturated heterocycles. The van der Waals surface area contributed by atoms with Gasteiger partial charge in [0, 0.05) is 18.0 Å². The Kier molecular flexibility index (Phi) is 3.09. The van der Waals surface area contributed by atoms with Crippen molar-refractivity contribution in [3.8, 4) is 28.8 Å². The third kappa shape index (κ3) is 2.21. The van der Waals surface area contributed by atoms with Crippen molar-refractivity contribution in [2.75, 3.05) is 18.5 Å². The van der Waals surface area contributed by atoms with Crippen molar-refractivity contribution in [1.82, 2.24) is 9.97 Å². The second-order valence-electron chi connectivity index (χ2n) is 4.34. The number of fused-ring (bicyclic) bond motifs is 1. The zero-order valence-electron chi connectivity index (χ0n) is 10.9. The van der Waals surface area contributed by atoms with Gasteiger partial charge in [-0.15, -0.1) is 0 Å². The fraction of sp³-hybridized carbons (Fsp3) is 0.214. The summed E-state index contributed by atoms with van der Waals surface area (Å²) in [5.41, 5.74) is 2.90. The lowest BCUT2D eigenvalue weighted by molar-refractivity contribution is 0.171. The Morgan fingerprint density at radius 1 is 1.15 bits per heavy atom. The van der Waals surface area contributed by atoms with E-state index in [-0.39, 0.29) is 5.95 Å². The van der Waals surface area contributed by atoms with Crippen LogP contribution in [0, 0.1) is 18.4 Å². The van der Waals surface area contributed by atoms with Crippen molar-refractivity contribution in [2.45, 2.75) is 6.92 Å². The summed E-state index contributed by atoms with van der Waals surface area (Å²) < 4.78 is 11.1. The molecular formula is C14H12N4O2. The monoisotopic (exact) mass is 268 g/mol. The minimum atomic E-state index is 0.284. The summed E-state index contributed by atoms with van der Waals surface area (Å²) in [6.45, 7) is 3.12. The van der Waals surface area contributed by atoms with Gasteiger partial charge in [-0.2, -0.15) is 5.26 Å². The number of nitrogens with one attached hydrogen (secondary N) is 1. The maximum absolute atomic E-state index is 8.51. The minimum Gasteiger partial charge on any atom is -0.486 e. The molecular weight excluding hydrogens is 256 g/mol. The number of hydrogen-bond donors (Lipinski definition) is 1. The van der Waals surface area contributed by atoms with Gasteiger partial charge in [0.05, 0.1) is 0 Å². The van der Waals surface area contributed by atoms with Gasteiger partial charge in [0.25, 0.3) is 0 Å². The average molecular weight is 268 g/mol. The lowest BCUT2D eigenvalue weighted by Gasteiger charge is -2.20. The van der Waals surface area contributed by atoms with E-state index in [0.717, 1.165) is 28.2 Å². The van der Waals surface area contributed by atoms with Gasteiger partial charge in [0.1, 0.15) is 13.2 Å². The van der Waals surface area contributed by atoms with Gasteiger partial charge in [0.2, 0.25) is 5.95 Å². The number of aryl methyl sites for hydroxylation is 1. The first kappa shape index (κ1) is 12.2. The van der Waals surface area contributed by atoms with E-state index in [1.807, 2.05) is 19.1 Å². The van der Waals surface area contributed by atoms with Crippen molar-refractivity contribution in [3.05, 3.63) is 30.1 Å². The van der Waals surface area contributed by atoms with Crippen LogP contribution < -0.4 is 14.8 Å². The van der Waals surface area contributed by atoms with E-state index in [1.165, 1.54) is 0 Å². The van der Waals surface area contributed by atoms with E-state index in [9.17, 15) is 0 Å². The maximum Gasteiger partial charge on any atom is 0.236 e. The van der Waals surface area contributed by atoms with Gasteiger partial charge < -0.3 is 9.47 Å². The zero-order chi connectivity index (χ0) is 13.9. The highest BCUT2D eigenvalue weighted by Gasteiger charge is 2.15. The zero-order valence-corrected chi connectivity index (χ0v) is 10.9. The lowest BCUT2D eigenvalue weighted by Crippen LogP contribution is -2.15. The highest BCUT2D eigenvalue weighted by atomic mass is 16.6. The molecule has 2 aromatic rings. The summed E-state index contributed by atoms with van der Waals surface area (Å²) in [6.07, 6.45) is 5.13. The van der Waals surface area contributed by atoms with E-state index < -0.39 is 0 Å². The molecule has 100 valence electrons. The van der Waals surface area contributed by atoms with Gasteiger partial charge in [0.15, 0.2) is 17.7 Å². The van der Waals surface area contributed by atoms with E-state index in [4.69, 9.17) is 14.7 Å². The molecule has 0 amide bonds. The third-order valence-electron chi connectivity index (χ3n) is 3.02. The Bertz CT molecular complexity index is 677. The van der Waals surface area contributed by atoms with Crippen LogP contribution in [0.3, 0.4) is 0 Å². The number of nitrogens with zero attached hydrogens (tertiary/aromatic N) is 3. The quantitative estimate of drug-likeness (QED) is 0.663. The first-order chi connectivity index (χ1) is 9.78. The Hall–Kier alpha value is -2.81. The number of hydrogen-bond acceptors (Lipinski definition) is 6. The molecule has 1 aliphatic rings. The molecule has 2 heterocycles. The summed E-state index contributed by atoms with van der Waals surface area (Å²) in [4.78, 5) is 8.16. The van der Waals surface area contributed by atoms with E-state index in [0.29, 0.717) is 13.2 Å². The predicted molar refractivity (Wildman–Crippen MR) is 72.4 cm³/mol. The fourth-order valence-electron chi connectivity index (χ4n) is 2.08. The number of rotatable bonds is 2. The number of benzene rings is 1. The molecule has 0 bridgehead atoms. The first-order valence-corrected chi connectivity index (χ1v) is 6.15. The topological polar surface area (TPSA) is 80.1 Å². The maximum atomic E-state index is 8.51. The summed E-state index contributed by atoms with van der Waals surface area (Å²) >= 11 is 0. The molecule has 3 rings (SSSR count). The summed E-state index contributed by atoms with van der Waals surface area (Å²) in [7, 11) is 0. The number of ether oxygens (including phenoxy) is 2. The minimum absolute atomic E-state index is 0.284. The van der Waals surface area contributed by atoms with E-state index in [2.05, 4.69) is 15.3 Å².